The van der Waals surface area contributed by atoms with Crippen molar-refractivity contribution >= 4 is 16.7 Å². The van der Waals surface area contributed by atoms with Gasteiger partial charge in [0.15, 0.2) is 0 Å². The highest BCUT2D eigenvalue weighted by atomic mass is 16.2. The van der Waals surface area contributed by atoms with Crippen LogP contribution in [0.15, 0.2) is 42.5 Å². The first-order valence-corrected chi connectivity index (χ1v) is 11.0. The number of likely N-dealkylation sites (N-methyl/N-ethyl adjacent to an activating group) is 1. The fourth-order valence-corrected chi connectivity index (χ4v) is 4.05. The Bertz CT molecular complexity index is 782. The van der Waals surface area contributed by atoms with E-state index in [0.29, 0.717) is 19.0 Å². The number of benzene rings is 2. The second kappa shape index (κ2) is 10.7. The lowest BCUT2D eigenvalue weighted by atomic mass is 9.68. The average molecular weight is 398 g/mol. The summed E-state index contributed by atoms with van der Waals surface area (Å²) in [5.41, 5.74) is 1.21. The van der Waals surface area contributed by atoms with E-state index in [0.717, 1.165) is 26.1 Å². The van der Waals surface area contributed by atoms with Crippen LogP contribution in [-0.4, -0.2) is 62.5 Å². The molecule has 1 N–H and O–H groups in total. The van der Waals surface area contributed by atoms with Gasteiger partial charge in [0.05, 0.1) is 6.54 Å². The fraction of sp³-hybridized carbons (Fsp3) is 0.560. The average Bonchev–Trinajstić information content (AvgIpc) is 2.71. The molecule has 0 spiro atoms. The van der Waals surface area contributed by atoms with Gasteiger partial charge in [-0.1, -0.05) is 70.2 Å². The molecular formula is C25H39N3O. The van der Waals surface area contributed by atoms with Crippen LogP contribution >= 0.6 is 0 Å². The molecule has 4 nitrogen and oxygen atoms in total. The Morgan fingerprint density at radius 2 is 1.69 bits per heavy atom. The second-order valence-electron chi connectivity index (χ2n) is 8.66. The van der Waals surface area contributed by atoms with Crippen molar-refractivity contribution in [3.63, 3.8) is 0 Å². The number of hydrogen-bond acceptors (Lipinski definition) is 3. The maximum absolute atomic E-state index is 12.7. The van der Waals surface area contributed by atoms with Gasteiger partial charge in [-0.05, 0) is 62.4 Å². The lowest BCUT2D eigenvalue weighted by molar-refractivity contribution is -0.122. The zero-order valence-corrected chi connectivity index (χ0v) is 19.2. The molecule has 2 rings (SSSR count). The van der Waals surface area contributed by atoms with Gasteiger partial charge in [-0.2, -0.15) is 0 Å². The highest BCUT2D eigenvalue weighted by Gasteiger charge is 2.36. The minimum atomic E-state index is -0.104. The second-order valence-corrected chi connectivity index (χ2v) is 8.66. The highest BCUT2D eigenvalue weighted by molar-refractivity contribution is 5.83. The van der Waals surface area contributed by atoms with E-state index in [1.807, 2.05) is 0 Å². The van der Waals surface area contributed by atoms with Gasteiger partial charge in [-0.15, -0.1) is 0 Å². The van der Waals surface area contributed by atoms with E-state index in [1.54, 1.807) is 0 Å². The Labute approximate surface area is 177 Å². The molecule has 0 heterocycles. The molecule has 0 radical (unpaired) electrons. The Kier molecular flexibility index (Phi) is 8.66. The first-order chi connectivity index (χ1) is 13.8. The molecule has 29 heavy (non-hydrogen) atoms. The summed E-state index contributed by atoms with van der Waals surface area (Å²) in [5.74, 6) is 0.515. The van der Waals surface area contributed by atoms with Crippen molar-refractivity contribution in [2.75, 3.05) is 46.8 Å². The van der Waals surface area contributed by atoms with Crippen molar-refractivity contribution in [2.24, 2.45) is 5.92 Å². The predicted octanol–water partition coefficient (Wildman–Crippen LogP) is 4.14. The first kappa shape index (κ1) is 23.4. The molecule has 1 atom stereocenters. The smallest absolute Gasteiger partial charge is 0.234 e. The van der Waals surface area contributed by atoms with Gasteiger partial charge in [0, 0.05) is 12.0 Å². The topological polar surface area (TPSA) is 35.6 Å². The van der Waals surface area contributed by atoms with Crippen LogP contribution in [0.4, 0.5) is 0 Å². The summed E-state index contributed by atoms with van der Waals surface area (Å²) in [4.78, 5) is 17.0. The van der Waals surface area contributed by atoms with E-state index in [1.165, 1.54) is 16.3 Å². The molecule has 1 unspecified atom stereocenters. The quantitative estimate of drug-likeness (QED) is 0.619. The SMILES string of the molecule is CCN(CC)CC(=O)NCC(CCN(C)C)(c1ccc2ccccc2c1)C(C)C. The van der Waals surface area contributed by atoms with Crippen molar-refractivity contribution in [3.05, 3.63) is 48.0 Å². The zero-order chi connectivity index (χ0) is 21.4. The number of fused-ring (bicyclic) bond motifs is 1. The molecule has 0 aromatic heterocycles. The molecule has 0 aliphatic heterocycles. The number of rotatable bonds is 11. The van der Waals surface area contributed by atoms with Crippen LogP contribution in [0.3, 0.4) is 0 Å². The minimum Gasteiger partial charge on any atom is -0.354 e. The molecule has 2 aromatic carbocycles. The highest BCUT2D eigenvalue weighted by Crippen LogP contribution is 2.37. The standard InChI is InChI=1S/C25H39N3O/c1-7-28(8-2)18-24(29)26-19-25(20(3)4,15-16-27(5)6)23-14-13-21-11-9-10-12-22(21)17-23/h9-14,17,20H,7-8,15-16,18-19H2,1-6H3,(H,26,29). The van der Waals surface area contributed by atoms with Gasteiger partial charge in [0.1, 0.15) is 0 Å². The molecule has 2 aromatic rings. The van der Waals surface area contributed by atoms with Crippen LogP contribution in [-0.2, 0) is 10.2 Å². The summed E-state index contributed by atoms with van der Waals surface area (Å²) >= 11 is 0. The number of carbonyl (C=O) groups excluding carboxylic acids is 1. The van der Waals surface area contributed by atoms with Gasteiger partial charge in [-0.3, -0.25) is 9.69 Å². The van der Waals surface area contributed by atoms with E-state index in [9.17, 15) is 4.79 Å². The lowest BCUT2D eigenvalue weighted by Gasteiger charge is -2.40. The Balaban J connectivity index is 2.34. The van der Waals surface area contributed by atoms with Crippen molar-refractivity contribution < 1.29 is 4.79 Å². The van der Waals surface area contributed by atoms with Crippen LogP contribution in [0.25, 0.3) is 10.8 Å². The minimum absolute atomic E-state index is 0.104. The van der Waals surface area contributed by atoms with E-state index in [4.69, 9.17) is 0 Å². The molecule has 160 valence electrons. The van der Waals surface area contributed by atoms with Crippen molar-refractivity contribution in [3.8, 4) is 0 Å². The fourth-order valence-electron chi connectivity index (χ4n) is 4.05. The third-order valence-corrected chi connectivity index (χ3v) is 6.30. The van der Waals surface area contributed by atoms with Gasteiger partial charge >= 0.3 is 0 Å². The van der Waals surface area contributed by atoms with Crippen molar-refractivity contribution in [1.82, 2.24) is 15.1 Å². The third-order valence-electron chi connectivity index (χ3n) is 6.30. The van der Waals surface area contributed by atoms with Gasteiger partial charge in [-0.25, -0.2) is 0 Å². The van der Waals surface area contributed by atoms with Crippen molar-refractivity contribution in [2.45, 2.75) is 39.5 Å². The van der Waals surface area contributed by atoms with Gasteiger partial charge in [0.2, 0.25) is 5.91 Å². The third kappa shape index (κ3) is 6.03. The Morgan fingerprint density at radius 1 is 1.03 bits per heavy atom. The molecule has 0 aliphatic rings. The van der Waals surface area contributed by atoms with Crippen LogP contribution in [0, 0.1) is 5.92 Å². The molecule has 0 aliphatic carbocycles. The Morgan fingerprint density at radius 3 is 2.28 bits per heavy atom. The number of nitrogens with zero attached hydrogens (tertiary/aromatic N) is 2. The molecule has 0 fully saturated rings. The van der Waals surface area contributed by atoms with Gasteiger partial charge in [0.25, 0.3) is 0 Å². The van der Waals surface area contributed by atoms with Crippen LogP contribution < -0.4 is 5.32 Å². The number of carbonyl (C=O) groups is 1. The summed E-state index contributed by atoms with van der Waals surface area (Å²) < 4.78 is 0. The number of amides is 1. The van der Waals surface area contributed by atoms with Gasteiger partial charge < -0.3 is 10.2 Å². The monoisotopic (exact) mass is 397 g/mol. The molecule has 0 saturated carbocycles. The summed E-state index contributed by atoms with van der Waals surface area (Å²) in [6.07, 6.45) is 1.00. The number of hydrogen-bond donors (Lipinski definition) is 1. The molecule has 4 heteroatoms. The zero-order valence-electron chi connectivity index (χ0n) is 19.2. The normalized spacial score (nSPS) is 14.0. The molecule has 0 saturated heterocycles. The summed E-state index contributed by atoms with van der Waals surface area (Å²) in [6.45, 7) is 12.7. The molecule has 0 bridgehead atoms. The predicted molar refractivity (Wildman–Crippen MR) is 124 cm³/mol. The Hall–Kier alpha value is -1.91. The number of nitrogens with one attached hydrogen (secondary N) is 1. The first-order valence-electron chi connectivity index (χ1n) is 11.0. The maximum atomic E-state index is 12.7. The summed E-state index contributed by atoms with van der Waals surface area (Å²) in [7, 11) is 4.23. The van der Waals surface area contributed by atoms with E-state index in [-0.39, 0.29) is 11.3 Å². The molecule has 1 amide bonds. The summed E-state index contributed by atoms with van der Waals surface area (Å²) in [6, 6.07) is 15.3. The maximum Gasteiger partial charge on any atom is 0.234 e. The largest absolute Gasteiger partial charge is 0.354 e. The lowest BCUT2D eigenvalue weighted by Crippen LogP contribution is -2.48. The van der Waals surface area contributed by atoms with E-state index in [2.05, 4.69) is 99.4 Å². The van der Waals surface area contributed by atoms with Crippen molar-refractivity contribution in [1.29, 1.82) is 0 Å². The summed E-state index contributed by atoms with van der Waals surface area (Å²) in [5, 5.41) is 5.79. The van der Waals surface area contributed by atoms with Crippen LogP contribution in [0.1, 0.15) is 39.7 Å². The van der Waals surface area contributed by atoms with E-state index < -0.39 is 0 Å². The van der Waals surface area contributed by atoms with Crippen LogP contribution in [0.5, 0.6) is 0 Å². The van der Waals surface area contributed by atoms with Crippen LogP contribution in [0.2, 0.25) is 0 Å². The van der Waals surface area contributed by atoms with E-state index >= 15 is 0 Å². The molecular weight excluding hydrogens is 358 g/mol.